The minimum Gasteiger partial charge on any atom is -0.467 e. The lowest BCUT2D eigenvalue weighted by Crippen LogP contribution is -2.48. The molecule has 0 aliphatic carbocycles. The first-order chi connectivity index (χ1) is 12.4. The molecule has 148 valence electrons. The Balaban J connectivity index is 0.00000301. The molecule has 0 aromatic heterocycles. The van der Waals surface area contributed by atoms with Crippen molar-refractivity contribution in [3.63, 3.8) is 0 Å². The van der Waals surface area contributed by atoms with E-state index in [2.05, 4.69) is 19.2 Å². The van der Waals surface area contributed by atoms with Gasteiger partial charge in [0.05, 0.1) is 19.1 Å². The van der Waals surface area contributed by atoms with E-state index in [1.54, 1.807) is 7.11 Å². The lowest BCUT2D eigenvalue weighted by atomic mass is 9.90. The highest BCUT2D eigenvalue weighted by Crippen LogP contribution is 2.19. The number of amides is 1. The van der Waals surface area contributed by atoms with Crippen molar-refractivity contribution in [2.75, 3.05) is 14.2 Å². The van der Waals surface area contributed by atoms with Gasteiger partial charge in [0.15, 0.2) is 0 Å². The minimum absolute atomic E-state index is 0.190. The van der Waals surface area contributed by atoms with Crippen LogP contribution in [0.1, 0.15) is 46.6 Å². The van der Waals surface area contributed by atoms with Gasteiger partial charge >= 0.3 is 5.97 Å². The van der Waals surface area contributed by atoms with Crippen LogP contribution in [0.5, 0.6) is 0 Å². The lowest BCUT2D eigenvalue weighted by Gasteiger charge is -2.28. The van der Waals surface area contributed by atoms with Crippen LogP contribution in [0, 0.1) is 11.8 Å². The van der Waals surface area contributed by atoms with Crippen molar-refractivity contribution < 1.29 is 19.1 Å². The summed E-state index contributed by atoms with van der Waals surface area (Å²) in [6.07, 6.45) is 1.12. The van der Waals surface area contributed by atoms with E-state index in [0.717, 1.165) is 12.0 Å². The van der Waals surface area contributed by atoms with E-state index < -0.39 is 12.0 Å². The highest BCUT2D eigenvalue weighted by molar-refractivity contribution is 5.86. The quantitative estimate of drug-likeness (QED) is 0.679. The van der Waals surface area contributed by atoms with E-state index >= 15 is 0 Å². The summed E-state index contributed by atoms with van der Waals surface area (Å²) in [4.78, 5) is 24.6. The normalized spacial score (nSPS) is 14.9. The highest BCUT2D eigenvalue weighted by atomic mass is 16.5. The number of methoxy groups -OCH3 is 2. The molecule has 5 nitrogen and oxygen atoms in total. The molecule has 0 spiro atoms. The fourth-order valence-corrected chi connectivity index (χ4v) is 2.80. The molecule has 0 aliphatic heterocycles. The second-order valence-electron chi connectivity index (χ2n) is 6.15. The van der Waals surface area contributed by atoms with Gasteiger partial charge in [0.2, 0.25) is 5.91 Å². The third-order valence-corrected chi connectivity index (χ3v) is 4.47. The van der Waals surface area contributed by atoms with Crippen molar-refractivity contribution >= 4 is 11.9 Å². The first kappa shape index (κ1) is 24.1. The van der Waals surface area contributed by atoms with Gasteiger partial charge in [0.1, 0.15) is 6.04 Å². The molecule has 0 bridgehead atoms. The van der Waals surface area contributed by atoms with Gasteiger partial charge in [-0.1, -0.05) is 71.4 Å². The zero-order valence-electron chi connectivity index (χ0n) is 17.2. The zero-order valence-corrected chi connectivity index (χ0v) is 17.2. The fraction of sp³-hybridized carbons (Fsp3) is 0.619. The molecule has 1 rings (SSSR count). The molecule has 4 unspecified atom stereocenters. The first-order valence-corrected chi connectivity index (χ1v) is 9.39. The Morgan fingerprint density at radius 3 is 2.12 bits per heavy atom. The SMILES string of the molecule is CC.CCC(C)C(OC)C(C)C(=O)NC(Cc1ccccc1)C(=O)OC. The van der Waals surface area contributed by atoms with Crippen LogP contribution in [0.15, 0.2) is 30.3 Å². The molecule has 1 aromatic rings. The summed E-state index contributed by atoms with van der Waals surface area (Å²) in [7, 11) is 2.94. The molecule has 0 heterocycles. The standard InChI is InChI=1S/C19H29NO4.C2H6/c1-6-13(2)17(23-4)14(3)18(21)20-16(19(22)24-5)12-15-10-8-7-9-11-15;1-2/h7-11,13-14,16-17H,6,12H2,1-5H3,(H,20,21);1-2H3. The van der Waals surface area contributed by atoms with Gasteiger partial charge in [0.25, 0.3) is 0 Å². The third kappa shape index (κ3) is 7.56. The van der Waals surface area contributed by atoms with Crippen LogP contribution < -0.4 is 5.32 Å². The Bertz CT molecular complexity index is 518. The van der Waals surface area contributed by atoms with Gasteiger partial charge in [-0.05, 0) is 11.5 Å². The molecule has 4 atom stereocenters. The second-order valence-corrected chi connectivity index (χ2v) is 6.15. The van der Waals surface area contributed by atoms with Gasteiger partial charge in [-0.25, -0.2) is 4.79 Å². The van der Waals surface area contributed by atoms with Crippen molar-refractivity contribution in [1.29, 1.82) is 0 Å². The Morgan fingerprint density at radius 2 is 1.65 bits per heavy atom. The maximum atomic E-state index is 12.6. The molecule has 0 saturated heterocycles. The molecule has 1 aromatic carbocycles. The van der Waals surface area contributed by atoms with E-state index in [-0.39, 0.29) is 23.8 Å². The predicted octanol–water partition coefficient (Wildman–Crippen LogP) is 3.61. The number of nitrogens with one attached hydrogen (secondary N) is 1. The van der Waals surface area contributed by atoms with Gasteiger partial charge < -0.3 is 14.8 Å². The number of benzene rings is 1. The number of rotatable bonds is 9. The van der Waals surface area contributed by atoms with Gasteiger partial charge in [0, 0.05) is 13.5 Å². The number of ether oxygens (including phenoxy) is 2. The molecule has 0 aliphatic rings. The van der Waals surface area contributed by atoms with Crippen molar-refractivity contribution in [1.82, 2.24) is 5.32 Å². The maximum absolute atomic E-state index is 12.6. The zero-order chi connectivity index (χ0) is 20.1. The summed E-state index contributed by atoms with van der Waals surface area (Å²) in [6, 6.07) is 8.84. The van der Waals surface area contributed by atoms with Crippen LogP contribution >= 0.6 is 0 Å². The summed E-state index contributed by atoms with van der Waals surface area (Å²) in [5, 5.41) is 2.82. The average molecular weight is 366 g/mol. The maximum Gasteiger partial charge on any atom is 0.328 e. The van der Waals surface area contributed by atoms with Crippen LogP contribution in [0.4, 0.5) is 0 Å². The summed E-state index contributed by atoms with van der Waals surface area (Å²) < 4.78 is 10.3. The number of carbonyl (C=O) groups is 2. The average Bonchev–Trinajstić information content (AvgIpc) is 2.69. The van der Waals surface area contributed by atoms with Crippen molar-refractivity contribution in [3.05, 3.63) is 35.9 Å². The highest BCUT2D eigenvalue weighted by Gasteiger charge is 2.31. The van der Waals surface area contributed by atoms with E-state index in [0.29, 0.717) is 6.42 Å². The lowest BCUT2D eigenvalue weighted by molar-refractivity contribution is -0.146. The molecule has 0 radical (unpaired) electrons. The summed E-state index contributed by atoms with van der Waals surface area (Å²) in [5.41, 5.74) is 0.964. The Morgan fingerprint density at radius 1 is 1.08 bits per heavy atom. The smallest absolute Gasteiger partial charge is 0.328 e. The molecule has 0 fully saturated rings. The number of hydrogen-bond acceptors (Lipinski definition) is 4. The number of carbonyl (C=O) groups excluding carboxylic acids is 2. The monoisotopic (exact) mass is 365 g/mol. The Labute approximate surface area is 158 Å². The van der Waals surface area contributed by atoms with Crippen molar-refractivity contribution in [3.8, 4) is 0 Å². The molecule has 5 heteroatoms. The van der Waals surface area contributed by atoms with E-state index in [9.17, 15) is 9.59 Å². The number of hydrogen-bond donors (Lipinski definition) is 1. The minimum atomic E-state index is -0.707. The van der Waals surface area contributed by atoms with Crippen LogP contribution in [-0.4, -0.2) is 38.2 Å². The van der Waals surface area contributed by atoms with Crippen LogP contribution in [0.3, 0.4) is 0 Å². The van der Waals surface area contributed by atoms with Gasteiger partial charge in [-0.15, -0.1) is 0 Å². The molecular formula is C21H35NO4. The van der Waals surface area contributed by atoms with Gasteiger partial charge in [-0.3, -0.25) is 4.79 Å². The van der Waals surface area contributed by atoms with Crippen LogP contribution in [0.25, 0.3) is 0 Å². The molecule has 1 amide bonds. The second kappa shape index (κ2) is 13.3. The van der Waals surface area contributed by atoms with Gasteiger partial charge in [-0.2, -0.15) is 0 Å². The van der Waals surface area contributed by atoms with E-state index in [1.807, 2.05) is 51.1 Å². The van der Waals surface area contributed by atoms with Crippen molar-refractivity contribution in [2.45, 2.75) is 59.6 Å². The fourth-order valence-electron chi connectivity index (χ4n) is 2.80. The Kier molecular flexibility index (Phi) is 12.4. The molecule has 1 N–H and O–H groups in total. The summed E-state index contributed by atoms with van der Waals surface area (Å²) in [6.45, 7) is 9.94. The van der Waals surface area contributed by atoms with Crippen LogP contribution in [-0.2, 0) is 25.5 Å². The summed E-state index contributed by atoms with van der Waals surface area (Å²) in [5.74, 6) is -0.750. The van der Waals surface area contributed by atoms with E-state index in [1.165, 1.54) is 7.11 Å². The first-order valence-electron chi connectivity index (χ1n) is 9.39. The summed E-state index contributed by atoms with van der Waals surface area (Å²) >= 11 is 0. The Hall–Kier alpha value is -1.88. The number of esters is 1. The molecule has 26 heavy (non-hydrogen) atoms. The van der Waals surface area contributed by atoms with Crippen molar-refractivity contribution in [2.24, 2.45) is 11.8 Å². The predicted molar refractivity (Wildman–Crippen MR) is 105 cm³/mol. The van der Waals surface area contributed by atoms with E-state index in [4.69, 9.17) is 9.47 Å². The molecule has 0 saturated carbocycles. The molecular weight excluding hydrogens is 330 g/mol. The van der Waals surface area contributed by atoms with Crippen LogP contribution in [0.2, 0.25) is 0 Å². The third-order valence-electron chi connectivity index (χ3n) is 4.47. The largest absolute Gasteiger partial charge is 0.467 e. The topological polar surface area (TPSA) is 64.6 Å².